The highest BCUT2D eigenvalue weighted by atomic mass is 19.4. The van der Waals surface area contributed by atoms with Crippen LogP contribution >= 0.6 is 0 Å². The van der Waals surface area contributed by atoms with Gasteiger partial charge in [-0.15, -0.1) is 0 Å². The number of amides is 2. The highest BCUT2D eigenvalue weighted by Crippen LogP contribution is 2.20. The van der Waals surface area contributed by atoms with Crippen LogP contribution in [0.2, 0.25) is 0 Å². The molecule has 3 rings (SSSR count). The molecule has 0 fully saturated rings. The van der Waals surface area contributed by atoms with Crippen LogP contribution in [0.15, 0.2) is 23.0 Å². The second-order valence-electron chi connectivity index (χ2n) is 7.95. The number of aryl methyl sites for hydroxylation is 1. The molecule has 0 N–H and O–H groups in total. The van der Waals surface area contributed by atoms with Gasteiger partial charge in [-0.25, -0.2) is 4.98 Å². The molecule has 0 spiro atoms. The quantitative estimate of drug-likeness (QED) is 0.736. The number of aromatic nitrogens is 2. The molecule has 0 unspecified atom stereocenters. The molecule has 1 aliphatic heterocycles. The fourth-order valence-electron chi connectivity index (χ4n) is 3.63. The van der Waals surface area contributed by atoms with E-state index in [2.05, 4.69) is 4.98 Å². The average molecular weight is 438 g/mol. The van der Waals surface area contributed by atoms with E-state index in [9.17, 15) is 27.6 Å². The summed E-state index contributed by atoms with van der Waals surface area (Å²) >= 11 is 0. The van der Waals surface area contributed by atoms with Gasteiger partial charge in [0, 0.05) is 32.6 Å². The fourth-order valence-corrected chi connectivity index (χ4v) is 3.63. The molecule has 0 radical (unpaired) electrons. The number of hydrogen-bond acceptors (Lipinski definition) is 4. The summed E-state index contributed by atoms with van der Waals surface area (Å²) in [6.07, 6.45) is -0.185. The van der Waals surface area contributed by atoms with E-state index >= 15 is 0 Å². The number of carbonyl (C=O) groups excluding carboxylic acids is 2. The molecule has 0 saturated heterocycles. The summed E-state index contributed by atoms with van der Waals surface area (Å²) in [5.41, 5.74) is 0.00963. The zero-order valence-electron chi connectivity index (χ0n) is 17.5. The number of alkyl halides is 3. The van der Waals surface area contributed by atoms with E-state index in [1.54, 1.807) is 4.57 Å². The summed E-state index contributed by atoms with van der Waals surface area (Å²) < 4.78 is 40.7. The summed E-state index contributed by atoms with van der Waals surface area (Å²) in [5.74, 6) is -0.948. The van der Waals surface area contributed by atoms with Crippen LogP contribution in [0.4, 0.5) is 13.2 Å². The zero-order valence-corrected chi connectivity index (χ0v) is 17.5. The Hall–Kier alpha value is -2.91. The van der Waals surface area contributed by atoms with Crippen molar-refractivity contribution in [2.24, 2.45) is 0 Å². The molecule has 31 heavy (non-hydrogen) atoms. The van der Waals surface area contributed by atoms with Crippen molar-refractivity contribution >= 4 is 22.7 Å². The third-order valence-electron chi connectivity index (χ3n) is 5.30. The molecular weight excluding hydrogens is 413 g/mol. The van der Waals surface area contributed by atoms with Crippen molar-refractivity contribution in [3.63, 3.8) is 0 Å². The van der Waals surface area contributed by atoms with Crippen LogP contribution in [0.25, 0.3) is 10.9 Å². The predicted octanol–water partition coefficient (Wildman–Crippen LogP) is 2.61. The highest BCUT2D eigenvalue weighted by molar-refractivity contribution is 5.99. The minimum absolute atomic E-state index is 0.0500. The number of halogens is 3. The van der Waals surface area contributed by atoms with E-state index in [0.29, 0.717) is 29.1 Å². The Morgan fingerprint density at radius 2 is 1.84 bits per heavy atom. The number of likely N-dealkylation sites (N-methyl/N-ethyl adjacent to an activating group) is 1. The molecule has 2 aromatic rings. The summed E-state index contributed by atoms with van der Waals surface area (Å²) in [6.45, 7) is -1.68. The second kappa shape index (κ2) is 9.07. The first-order valence-electron chi connectivity index (χ1n) is 10.2. The summed E-state index contributed by atoms with van der Waals surface area (Å²) in [4.78, 5) is 43.8. The number of fused-ring (bicyclic) bond motifs is 2. The molecule has 7 nitrogen and oxygen atoms in total. The number of rotatable bonds is 4. The lowest BCUT2D eigenvalue weighted by Gasteiger charge is -2.25. The molecule has 0 bridgehead atoms. The molecular formula is C21H25F3N4O3. The van der Waals surface area contributed by atoms with Crippen molar-refractivity contribution in [3.8, 4) is 0 Å². The van der Waals surface area contributed by atoms with E-state index in [4.69, 9.17) is 0 Å². The van der Waals surface area contributed by atoms with Gasteiger partial charge in [-0.3, -0.25) is 19.0 Å². The molecule has 1 aliphatic rings. The Balaban J connectivity index is 1.99. The molecule has 10 heteroatoms. The Bertz CT molecular complexity index is 1050. The summed E-state index contributed by atoms with van der Waals surface area (Å²) in [6, 6.07) is 4.07. The maximum Gasteiger partial charge on any atom is 0.406 e. The van der Waals surface area contributed by atoms with Crippen molar-refractivity contribution in [1.82, 2.24) is 19.4 Å². The smallest absolute Gasteiger partial charge is 0.347 e. The maximum atomic E-state index is 13.0. The van der Waals surface area contributed by atoms with Crippen molar-refractivity contribution in [1.29, 1.82) is 0 Å². The lowest BCUT2D eigenvalue weighted by atomic mass is 10.1. The van der Waals surface area contributed by atoms with E-state index in [1.165, 1.54) is 32.3 Å². The minimum atomic E-state index is -4.66. The summed E-state index contributed by atoms with van der Waals surface area (Å²) in [5, 5.41) is 0.313. The molecule has 2 heterocycles. The molecule has 2 amide bonds. The van der Waals surface area contributed by atoms with Gasteiger partial charge in [0.1, 0.15) is 18.9 Å². The van der Waals surface area contributed by atoms with E-state index in [-0.39, 0.29) is 16.6 Å². The molecule has 168 valence electrons. The van der Waals surface area contributed by atoms with Gasteiger partial charge >= 0.3 is 6.18 Å². The van der Waals surface area contributed by atoms with Crippen LogP contribution in [0.5, 0.6) is 0 Å². The number of benzene rings is 1. The first-order valence-corrected chi connectivity index (χ1v) is 10.2. The van der Waals surface area contributed by atoms with Gasteiger partial charge in [0.05, 0.1) is 10.9 Å². The second-order valence-corrected chi connectivity index (χ2v) is 7.95. The molecule has 1 aromatic carbocycles. The molecule has 0 aliphatic carbocycles. The van der Waals surface area contributed by atoms with Gasteiger partial charge in [-0.1, -0.05) is 12.8 Å². The van der Waals surface area contributed by atoms with Gasteiger partial charge < -0.3 is 9.80 Å². The lowest BCUT2D eigenvalue weighted by molar-refractivity contribution is -0.146. The summed E-state index contributed by atoms with van der Waals surface area (Å²) in [7, 11) is 2.81. The monoisotopic (exact) mass is 438 g/mol. The van der Waals surface area contributed by atoms with Crippen LogP contribution in [0.1, 0.15) is 41.9 Å². The molecule has 1 aromatic heterocycles. The van der Waals surface area contributed by atoms with Crippen LogP contribution in [-0.4, -0.2) is 64.5 Å². The van der Waals surface area contributed by atoms with Crippen LogP contribution in [-0.2, 0) is 17.8 Å². The topological polar surface area (TPSA) is 75.5 Å². The number of nitrogens with zero attached hydrogens (tertiary/aromatic N) is 4. The zero-order chi connectivity index (χ0) is 22.8. The SMILES string of the molecule is CN(C)C(=O)CN(CC(F)(F)F)C(=O)c1ccc2c(=O)n3c(nc2c1)CCCCCC3. The van der Waals surface area contributed by atoms with Gasteiger partial charge in [-0.05, 0) is 31.0 Å². The third kappa shape index (κ3) is 5.42. The van der Waals surface area contributed by atoms with E-state index in [1.807, 2.05) is 0 Å². The van der Waals surface area contributed by atoms with E-state index < -0.39 is 31.1 Å². The number of hydrogen-bond donors (Lipinski definition) is 0. The fraction of sp³-hybridized carbons (Fsp3) is 0.524. The first-order chi connectivity index (χ1) is 14.6. The highest BCUT2D eigenvalue weighted by Gasteiger charge is 2.34. The Labute approximate surface area is 177 Å². The molecule has 0 saturated carbocycles. The predicted molar refractivity (Wildman–Crippen MR) is 109 cm³/mol. The minimum Gasteiger partial charge on any atom is -0.347 e. The van der Waals surface area contributed by atoms with Gasteiger partial charge in [0.15, 0.2) is 0 Å². The largest absolute Gasteiger partial charge is 0.406 e. The molecule has 0 atom stereocenters. The Kier molecular flexibility index (Phi) is 6.66. The number of carbonyl (C=O) groups is 2. The Morgan fingerprint density at radius 1 is 1.13 bits per heavy atom. The van der Waals surface area contributed by atoms with Crippen LogP contribution in [0, 0.1) is 0 Å². The normalized spacial score (nSPS) is 14.5. The third-order valence-corrected chi connectivity index (χ3v) is 5.30. The maximum absolute atomic E-state index is 13.0. The first kappa shape index (κ1) is 22.8. The van der Waals surface area contributed by atoms with Crippen molar-refractivity contribution in [2.75, 3.05) is 27.2 Å². The Morgan fingerprint density at radius 3 is 2.52 bits per heavy atom. The van der Waals surface area contributed by atoms with Gasteiger partial charge in [0.25, 0.3) is 11.5 Å². The van der Waals surface area contributed by atoms with Crippen LogP contribution in [0.3, 0.4) is 0 Å². The van der Waals surface area contributed by atoms with Crippen LogP contribution < -0.4 is 5.56 Å². The van der Waals surface area contributed by atoms with E-state index in [0.717, 1.165) is 30.6 Å². The lowest BCUT2D eigenvalue weighted by Crippen LogP contribution is -2.44. The van der Waals surface area contributed by atoms with Crippen molar-refractivity contribution in [2.45, 2.75) is 44.8 Å². The van der Waals surface area contributed by atoms with Crippen molar-refractivity contribution < 1.29 is 22.8 Å². The van der Waals surface area contributed by atoms with Gasteiger partial charge in [-0.2, -0.15) is 13.2 Å². The van der Waals surface area contributed by atoms with Crippen molar-refractivity contribution in [3.05, 3.63) is 39.9 Å². The van der Waals surface area contributed by atoms with Gasteiger partial charge in [0.2, 0.25) is 5.91 Å². The average Bonchev–Trinajstić information content (AvgIpc) is 2.67. The standard InChI is InChI=1S/C21H25F3N4O3/c1-26(2)18(29)12-27(13-21(22,23)24)19(30)14-8-9-15-16(11-14)25-17-7-5-3-4-6-10-28(17)20(15)31/h8-9,11H,3-7,10,12-13H2,1-2H3.